The number of nitrogens with zero attached hydrogens (tertiary/aromatic N) is 3. The Labute approximate surface area is 172 Å². The summed E-state index contributed by atoms with van der Waals surface area (Å²) in [5.41, 5.74) is 1.32. The molecule has 3 rings (SSSR count). The van der Waals surface area contributed by atoms with Crippen molar-refractivity contribution in [2.24, 2.45) is 4.99 Å². The van der Waals surface area contributed by atoms with E-state index in [0.717, 1.165) is 76.3 Å². The highest BCUT2D eigenvalue weighted by molar-refractivity contribution is 8.00. The van der Waals surface area contributed by atoms with Gasteiger partial charge in [0.25, 0.3) is 0 Å². The normalized spacial score (nSPS) is 21.3. The minimum absolute atomic E-state index is 0.268. The molecule has 2 aliphatic heterocycles. The number of nitrogens with one attached hydrogen (secondary N) is 1. The largest absolute Gasteiger partial charge is 0.381 e. The molecule has 0 atom stereocenters. The van der Waals surface area contributed by atoms with Gasteiger partial charge < -0.3 is 15.0 Å². The van der Waals surface area contributed by atoms with Gasteiger partial charge in [0.05, 0.1) is 0 Å². The number of halogens is 1. The van der Waals surface area contributed by atoms with Gasteiger partial charge in [-0.05, 0) is 36.8 Å². The molecular weight excluding hydrogens is 380 g/mol. The number of hydrogen-bond acceptors (Lipinski definition) is 4. The van der Waals surface area contributed by atoms with Crippen LogP contribution in [0.5, 0.6) is 0 Å². The zero-order valence-corrected chi connectivity index (χ0v) is 18.0. The third-order valence-electron chi connectivity index (χ3n) is 5.61. The predicted molar refractivity (Wildman–Crippen MR) is 116 cm³/mol. The molecule has 7 heteroatoms. The van der Waals surface area contributed by atoms with Crippen molar-refractivity contribution in [2.75, 3.05) is 59.2 Å². The Bertz CT molecular complexity index is 611. The molecule has 0 radical (unpaired) electrons. The van der Waals surface area contributed by atoms with E-state index in [9.17, 15) is 0 Å². The average molecular weight is 411 g/mol. The average Bonchev–Trinajstić information content (AvgIpc) is 2.72. The van der Waals surface area contributed by atoms with Gasteiger partial charge in [0, 0.05) is 69.3 Å². The minimum Gasteiger partial charge on any atom is -0.381 e. The van der Waals surface area contributed by atoms with Crippen LogP contribution < -0.4 is 5.32 Å². The topological polar surface area (TPSA) is 40.1 Å². The van der Waals surface area contributed by atoms with Crippen molar-refractivity contribution in [3.63, 3.8) is 0 Å². The van der Waals surface area contributed by atoms with Crippen molar-refractivity contribution in [1.29, 1.82) is 0 Å². The highest BCUT2D eigenvalue weighted by atomic mass is 35.5. The maximum Gasteiger partial charge on any atom is 0.193 e. The molecule has 0 bridgehead atoms. The van der Waals surface area contributed by atoms with E-state index < -0.39 is 0 Å². The van der Waals surface area contributed by atoms with Gasteiger partial charge in [-0.15, -0.1) is 0 Å². The summed E-state index contributed by atoms with van der Waals surface area (Å²) in [4.78, 5) is 9.41. The zero-order chi connectivity index (χ0) is 19.1. The fourth-order valence-corrected chi connectivity index (χ4v) is 4.65. The number of benzene rings is 1. The van der Waals surface area contributed by atoms with E-state index in [-0.39, 0.29) is 4.75 Å². The molecule has 1 aromatic carbocycles. The molecule has 2 aliphatic rings. The van der Waals surface area contributed by atoms with Crippen molar-refractivity contribution in [3.8, 4) is 0 Å². The third-order valence-corrected chi connectivity index (χ3v) is 7.28. The van der Waals surface area contributed by atoms with Gasteiger partial charge in [-0.25, -0.2) is 0 Å². The first-order valence-electron chi connectivity index (χ1n) is 9.69. The Kier molecular flexibility index (Phi) is 7.70. The molecule has 0 amide bonds. The lowest BCUT2D eigenvalue weighted by atomic mass is 9.99. The first kappa shape index (κ1) is 20.8. The summed E-state index contributed by atoms with van der Waals surface area (Å²) < 4.78 is 5.82. The molecule has 1 N–H and O–H groups in total. The van der Waals surface area contributed by atoms with Crippen LogP contribution in [0.3, 0.4) is 0 Å². The van der Waals surface area contributed by atoms with Crippen LogP contribution in [-0.2, 0) is 11.3 Å². The summed E-state index contributed by atoms with van der Waals surface area (Å²) in [6, 6.07) is 8.17. The van der Waals surface area contributed by atoms with E-state index in [2.05, 4.69) is 38.5 Å². The number of hydrogen-bond donors (Lipinski definition) is 1. The Balaban J connectivity index is 1.47. The first-order valence-corrected chi connectivity index (χ1v) is 11.3. The standard InChI is InChI=1S/C20H31ClN4OS/c1-22-19(23-16-20(27-2)7-13-26-14-8-20)25-11-9-24(10-12-25)15-17-3-5-18(21)6-4-17/h3-6H,7-16H2,1-2H3,(H,22,23). The summed E-state index contributed by atoms with van der Waals surface area (Å²) in [6.45, 7) is 7.76. The molecule has 0 aliphatic carbocycles. The van der Waals surface area contributed by atoms with Gasteiger partial charge >= 0.3 is 0 Å². The van der Waals surface area contributed by atoms with Crippen molar-refractivity contribution < 1.29 is 4.74 Å². The summed E-state index contributed by atoms with van der Waals surface area (Å²) in [6.07, 6.45) is 4.42. The summed E-state index contributed by atoms with van der Waals surface area (Å²) >= 11 is 7.94. The van der Waals surface area contributed by atoms with Crippen LogP contribution in [0.4, 0.5) is 0 Å². The fraction of sp³-hybridized carbons (Fsp3) is 0.650. The number of aliphatic imine (C=N–C) groups is 1. The molecule has 150 valence electrons. The lowest BCUT2D eigenvalue weighted by Gasteiger charge is -2.39. The number of thioether (sulfide) groups is 1. The lowest BCUT2D eigenvalue weighted by Crippen LogP contribution is -2.54. The van der Waals surface area contributed by atoms with Crippen molar-refractivity contribution in [1.82, 2.24) is 15.1 Å². The molecule has 2 fully saturated rings. The summed E-state index contributed by atoms with van der Waals surface area (Å²) in [5.74, 6) is 1.03. The third kappa shape index (κ3) is 5.76. The quantitative estimate of drug-likeness (QED) is 0.597. The van der Waals surface area contributed by atoms with E-state index in [1.807, 2.05) is 30.9 Å². The lowest BCUT2D eigenvalue weighted by molar-refractivity contribution is 0.0779. The fourth-order valence-electron chi connectivity index (χ4n) is 3.73. The smallest absolute Gasteiger partial charge is 0.193 e. The summed E-state index contributed by atoms with van der Waals surface area (Å²) in [5, 5.41) is 4.43. The maximum absolute atomic E-state index is 5.98. The molecule has 27 heavy (non-hydrogen) atoms. The highest BCUT2D eigenvalue weighted by Crippen LogP contribution is 2.33. The van der Waals surface area contributed by atoms with Crippen molar-refractivity contribution in [2.45, 2.75) is 24.1 Å². The Morgan fingerprint density at radius 3 is 2.44 bits per heavy atom. The van der Waals surface area contributed by atoms with E-state index in [1.54, 1.807) is 0 Å². The van der Waals surface area contributed by atoms with Gasteiger partial charge in [0.15, 0.2) is 5.96 Å². The van der Waals surface area contributed by atoms with Gasteiger partial charge in [-0.3, -0.25) is 9.89 Å². The first-order chi connectivity index (χ1) is 13.1. The Hall–Kier alpha value is -0.950. The second kappa shape index (κ2) is 10.0. The molecule has 0 spiro atoms. The number of guanidine groups is 1. The Morgan fingerprint density at radius 1 is 1.19 bits per heavy atom. The molecular formula is C20H31ClN4OS. The molecule has 0 aromatic heterocycles. The molecule has 0 saturated carbocycles. The Morgan fingerprint density at radius 2 is 1.85 bits per heavy atom. The molecule has 2 heterocycles. The molecule has 2 saturated heterocycles. The van der Waals surface area contributed by atoms with E-state index in [4.69, 9.17) is 16.3 Å². The van der Waals surface area contributed by atoms with E-state index in [0.29, 0.717) is 0 Å². The molecule has 0 unspecified atom stereocenters. The van der Waals surface area contributed by atoms with Crippen LogP contribution in [0.2, 0.25) is 5.02 Å². The minimum atomic E-state index is 0.268. The summed E-state index contributed by atoms with van der Waals surface area (Å²) in [7, 11) is 1.89. The molecule has 5 nitrogen and oxygen atoms in total. The van der Waals surface area contributed by atoms with E-state index in [1.165, 1.54) is 5.56 Å². The van der Waals surface area contributed by atoms with Gasteiger partial charge in [-0.2, -0.15) is 11.8 Å². The van der Waals surface area contributed by atoms with Gasteiger partial charge in [0.1, 0.15) is 0 Å². The van der Waals surface area contributed by atoms with Crippen LogP contribution >= 0.6 is 23.4 Å². The van der Waals surface area contributed by atoms with Crippen LogP contribution in [0.1, 0.15) is 18.4 Å². The van der Waals surface area contributed by atoms with Crippen LogP contribution in [0.25, 0.3) is 0 Å². The number of rotatable bonds is 5. The maximum atomic E-state index is 5.98. The monoisotopic (exact) mass is 410 g/mol. The van der Waals surface area contributed by atoms with Crippen molar-refractivity contribution >= 4 is 29.3 Å². The van der Waals surface area contributed by atoms with Gasteiger partial charge in [-0.1, -0.05) is 23.7 Å². The van der Waals surface area contributed by atoms with Crippen molar-refractivity contribution in [3.05, 3.63) is 34.9 Å². The zero-order valence-electron chi connectivity index (χ0n) is 16.4. The van der Waals surface area contributed by atoms with E-state index >= 15 is 0 Å². The SMILES string of the molecule is CN=C(NCC1(SC)CCOCC1)N1CCN(Cc2ccc(Cl)cc2)CC1. The predicted octanol–water partition coefficient (Wildman–Crippen LogP) is 2.95. The van der Waals surface area contributed by atoms with Crippen LogP contribution in [0, 0.1) is 0 Å². The molecule has 1 aromatic rings. The van der Waals surface area contributed by atoms with Crippen LogP contribution in [0.15, 0.2) is 29.3 Å². The van der Waals surface area contributed by atoms with Gasteiger partial charge in [0.2, 0.25) is 0 Å². The second-order valence-corrected chi connectivity index (χ2v) is 9.00. The highest BCUT2D eigenvalue weighted by Gasteiger charge is 2.32. The second-order valence-electron chi connectivity index (χ2n) is 7.29. The van der Waals surface area contributed by atoms with Crippen LogP contribution in [-0.4, -0.2) is 79.7 Å². The number of ether oxygens (including phenoxy) is 1. The number of piperazine rings is 1.